The fourth-order valence-corrected chi connectivity index (χ4v) is 1.29. The first kappa shape index (κ1) is 10.2. The molecule has 0 heterocycles. The molecule has 0 saturated carbocycles. The molecule has 0 bridgehead atoms. The quantitative estimate of drug-likeness (QED) is 0.765. The first-order chi connectivity index (χ1) is 6.25. The van der Waals surface area contributed by atoms with Crippen LogP contribution in [0, 0.1) is 0 Å². The zero-order chi connectivity index (χ0) is 9.68. The highest BCUT2D eigenvalue weighted by Gasteiger charge is 2.14. The summed E-state index contributed by atoms with van der Waals surface area (Å²) < 4.78 is 4.90. The summed E-state index contributed by atoms with van der Waals surface area (Å²) in [4.78, 5) is 0. The molecule has 0 radical (unpaired) electrons. The van der Waals surface area contributed by atoms with Crippen LogP contribution in [0.4, 0.5) is 0 Å². The first-order valence-corrected chi connectivity index (χ1v) is 4.47. The van der Waals surface area contributed by atoms with E-state index in [2.05, 4.69) is 0 Å². The van der Waals surface area contributed by atoms with Crippen LogP contribution in [0.3, 0.4) is 0 Å². The summed E-state index contributed by atoms with van der Waals surface area (Å²) in [6.45, 7) is 2.38. The van der Waals surface area contributed by atoms with Crippen LogP contribution in [0.2, 0.25) is 0 Å². The SMILES string of the molecule is COC[C@H](O)[C@@H](C)c1ccccc1. The molecule has 0 aliphatic rings. The average Bonchev–Trinajstić information content (AvgIpc) is 2.18. The third kappa shape index (κ3) is 2.83. The molecule has 1 rings (SSSR count). The molecule has 0 amide bonds. The topological polar surface area (TPSA) is 29.5 Å². The monoisotopic (exact) mass is 180 g/mol. The summed E-state index contributed by atoms with van der Waals surface area (Å²) in [5.74, 6) is 0.126. The van der Waals surface area contributed by atoms with Gasteiger partial charge in [0.15, 0.2) is 0 Å². The van der Waals surface area contributed by atoms with Crippen LogP contribution in [0.1, 0.15) is 18.4 Å². The maximum absolute atomic E-state index is 9.65. The van der Waals surface area contributed by atoms with Crippen LogP contribution in [-0.4, -0.2) is 24.9 Å². The molecule has 2 heteroatoms. The Morgan fingerprint density at radius 2 is 1.92 bits per heavy atom. The summed E-state index contributed by atoms with van der Waals surface area (Å²) in [6, 6.07) is 9.96. The van der Waals surface area contributed by atoms with E-state index in [9.17, 15) is 5.11 Å². The van der Waals surface area contributed by atoms with Gasteiger partial charge in [-0.3, -0.25) is 0 Å². The maximum Gasteiger partial charge on any atom is 0.0839 e. The van der Waals surface area contributed by atoms with Crippen LogP contribution in [0.25, 0.3) is 0 Å². The zero-order valence-corrected chi connectivity index (χ0v) is 8.10. The molecule has 1 aromatic carbocycles. The number of benzene rings is 1. The van der Waals surface area contributed by atoms with Gasteiger partial charge in [0.2, 0.25) is 0 Å². The van der Waals surface area contributed by atoms with Gasteiger partial charge < -0.3 is 9.84 Å². The van der Waals surface area contributed by atoms with Gasteiger partial charge in [0, 0.05) is 13.0 Å². The second-order valence-corrected chi connectivity index (χ2v) is 3.22. The van der Waals surface area contributed by atoms with Crippen molar-refractivity contribution in [1.29, 1.82) is 0 Å². The Bertz CT molecular complexity index is 233. The molecule has 0 unspecified atom stereocenters. The minimum Gasteiger partial charge on any atom is -0.390 e. The van der Waals surface area contributed by atoms with Crippen molar-refractivity contribution in [2.24, 2.45) is 0 Å². The molecule has 0 spiro atoms. The molecule has 2 atom stereocenters. The molecule has 0 aromatic heterocycles. The Kier molecular flexibility index (Phi) is 3.93. The maximum atomic E-state index is 9.65. The van der Waals surface area contributed by atoms with Gasteiger partial charge >= 0.3 is 0 Å². The minimum absolute atomic E-state index is 0.126. The van der Waals surface area contributed by atoms with Crippen LogP contribution >= 0.6 is 0 Å². The van der Waals surface area contributed by atoms with E-state index >= 15 is 0 Å². The Balaban J connectivity index is 2.62. The number of aliphatic hydroxyl groups excluding tert-OH is 1. The Hall–Kier alpha value is -0.860. The number of ether oxygens (including phenoxy) is 1. The van der Waals surface area contributed by atoms with Crippen molar-refractivity contribution in [3.63, 3.8) is 0 Å². The van der Waals surface area contributed by atoms with E-state index < -0.39 is 6.10 Å². The predicted molar refractivity (Wildman–Crippen MR) is 52.7 cm³/mol. The van der Waals surface area contributed by atoms with Crippen molar-refractivity contribution >= 4 is 0 Å². The predicted octanol–water partition coefficient (Wildman–Crippen LogP) is 1.80. The summed E-state index contributed by atoms with van der Waals surface area (Å²) in [6.07, 6.45) is -0.424. The van der Waals surface area contributed by atoms with E-state index in [1.54, 1.807) is 7.11 Å². The number of rotatable bonds is 4. The fourth-order valence-electron chi connectivity index (χ4n) is 1.29. The molecule has 72 valence electrons. The van der Waals surface area contributed by atoms with Gasteiger partial charge in [-0.1, -0.05) is 37.3 Å². The second-order valence-electron chi connectivity index (χ2n) is 3.22. The van der Waals surface area contributed by atoms with Crippen LogP contribution in [0.15, 0.2) is 30.3 Å². The van der Waals surface area contributed by atoms with E-state index in [-0.39, 0.29) is 5.92 Å². The van der Waals surface area contributed by atoms with E-state index in [1.165, 1.54) is 0 Å². The molecular weight excluding hydrogens is 164 g/mol. The van der Waals surface area contributed by atoms with Crippen molar-refractivity contribution in [3.8, 4) is 0 Å². The number of hydrogen-bond acceptors (Lipinski definition) is 2. The fraction of sp³-hybridized carbons (Fsp3) is 0.455. The summed E-state index contributed by atoms with van der Waals surface area (Å²) >= 11 is 0. The Morgan fingerprint density at radius 3 is 2.46 bits per heavy atom. The summed E-state index contributed by atoms with van der Waals surface area (Å²) in [7, 11) is 1.60. The zero-order valence-electron chi connectivity index (χ0n) is 8.10. The van der Waals surface area contributed by atoms with Gasteiger partial charge in [-0.05, 0) is 5.56 Å². The lowest BCUT2D eigenvalue weighted by Crippen LogP contribution is -2.21. The molecule has 0 aliphatic heterocycles. The molecule has 0 saturated heterocycles. The molecule has 0 fully saturated rings. The smallest absolute Gasteiger partial charge is 0.0839 e. The van der Waals surface area contributed by atoms with Crippen molar-refractivity contribution in [3.05, 3.63) is 35.9 Å². The van der Waals surface area contributed by atoms with Crippen molar-refractivity contribution in [2.45, 2.75) is 18.9 Å². The lowest BCUT2D eigenvalue weighted by atomic mass is 9.96. The number of methoxy groups -OCH3 is 1. The summed E-state index contributed by atoms with van der Waals surface area (Å²) in [5, 5.41) is 9.65. The standard InChI is InChI=1S/C11H16O2/c1-9(11(12)8-13-2)10-6-4-3-5-7-10/h3-7,9,11-12H,8H2,1-2H3/t9-,11-/m0/s1. The highest BCUT2D eigenvalue weighted by molar-refractivity contribution is 5.19. The minimum atomic E-state index is -0.424. The van der Waals surface area contributed by atoms with Gasteiger partial charge in [-0.15, -0.1) is 0 Å². The molecule has 2 nitrogen and oxygen atoms in total. The van der Waals surface area contributed by atoms with Crippen LogP contribution in [-0.2, 0) is 4.74 Å². The normalized spacial score (nSPS) is 15.3. The highest BCUT2D eigenvalue weighted by Crippen LogP contribution is 2.18. The second kappa shape index (κ2) is 5.00. The third-order valence-electron chi connectivity index (χ3n) is 2.24. The van der Waals surface area contributed by atoms with Gasteiger partial charge in [0.1, 0.15) is 0 Å². The van der Waals surface area contributed by atoms with Crippen LogP contribution in [0.5, 0.6) is 0 Å². The lowest BCUT2D eigenvalue weighted by molar-refractivity contribution is 0.0502. The van der Waals surface area contributed by atoms with Gasteiger partial charge in [0.25, 0.3) is 0 Å². The first-order valence-electron chi connectivity index (χ1n) is 4.47. The third-order valence-corrected chi connectivity index (χ3v) is 2.24. The van der Waals surface area contributed by atoms with E-state index in [4.69, 9.17) is 4.74 Å². The van der Waals surface area contributed by atoms with Crippen molar-refractivity contribution < 1.29 is 9.84 Å². The molecule has 0 aliphatic carbocycles. The van der Waals surface area contributed by atoms with E-state index in [1.807, 2.05) is 37.3 Å². The molecule has 13 heavy (non-hydrogen) atoms. The molecule has 1 aromatic rings. The summed E-state index contributed by atoms with van der Waals surface area (Å²) in [5.41, 5.74) is 1.15. The van der Waals surface area contributed by atoms with Crippen molar-refractivity contribution in [1.82, 2.24) is 0 Å². The van der Waals surface area contributed by atoms with Gasteiger partial charge in [-0.25, -0.2) is 0 Å². The molecular formula is C11H16O2. The van der Waals surface area contributed by atoms with E-state index in [0.29, 0.717) is 6.61 Å². The molecule has 1 N–H and O–H groups in total. The van der Waals surface area contributed by atoms with Crippen molar-refractivity contribution in [2.75, 3.05) is 13.7 Å². The average molecular weight is 180 g/mol. The van der Waals surface area contributed by atoms with Gasteiger partial charge in [0.05, 0.1) is 12.7 Å². The van der Waals surface area contributed by atoms with E-state index in [0.717, 1.165) is 5.56 Å². The Morgan fingerprint density at radius 1 is 1.31 bits per heavy atom. The largest absolute Gasteiger partial charge is 0.390 e. The van der Waals surface area contributed by atoms with Gasteiger partial charge in [-0.2, -0.15) is 0 Å². The van der Waals surface area contributed by atoms with Crippen LogP contribution < -0.4 is 0 Å². The lowest BCUT2D eigenvalue weighted by Gasteiger charge is -2.18. The number of hydrogen-bond donors (Lipinski definition) is 1. The highest BCUT2D eigenvalue weighted by atomic mass is 16.5. The number of aliphatic hydroxyl groups is 1. The Labute approximate surface area is 79.2 Å².